The van der Waals surface area contributed by atoms with Crippen LogP contribution in [0, 0.1) is 0 Å². The van der Waals surface area contributed by atoms with Crippen molar-refractivity contribution in [3.05, 3.63) is 0 Å². The third-order valence-corrected chi connectivity index (χ3v) is 3.28. The summed E-state index contributed by atoms with van der Waals surface area (Å²) in [6.45, 7) is 7.98. The molecule has 2 N–H and O–H groups in total. The number of rotatable bonds is 6. The van der Waals surface area contributed by atoms with E-state index < -0.39 is 18.1 Å². The summed E-state index contributed by atoms with van der Waals surface area (Å²) in [6.07, 6.45) is 0.0533. The van der Waals surface area contributed by atoms with Crippen LogP contribution in [0.3, 0.4) is 0 Å². The summed E-state index contributed by atoms with van der Waals surface area (Å²) in [5, 5.41) is 18.1. The van der Waals surface area contributed by atoms with Gasteiger partial charge in [-0.1, -0.05) is 13.8 Å². The fourth-order valence-electron chi connectivity index (χ4n) is 1.88. The predicted octanol–water partition coefficient (Wildman–Crippen LogP) is -0.122. The highest BCUT2D eigenvalue weighted by molar-refractivity contribution is 5.84. The molecule has 20 heavy (non-hydrogen) atoms. The summed E-state index contributed by atoms with van der Waals surface area (Å²) in [5.74, 6) is -0.558. The number of hydrogen-bond acceptors (Lipinski definition) is 5. The number of aliphatic hydroxyl groups excluding tert-OH is 2. The van der Waals surface area contributed by atoms with Gasteiger partial charge < -0.3 is 24.8 Å². The van der Waals surface area contributed by atoms with Crippen LogP contribution in [0.5, 0.6) is 0 Å². The van der Waals surface area contributed by atoms with Crippen LogP contribution >= 0.6 is 0 Å². The molecule has 2 atom stereocenters. The molecule has 0 aromatic carbocycles. The second kappa shape index (κ2) is 10.8. The molecule has 1 saturated heterocycles. The lowest BCUT2D eigenvalue weighted by Crippen LogP contribution is -2.44. The SMILES string of the molecule is CCCN(C)CC.O=CC(O)C(O)C(=O)N1CCCC1. The van der Waals surface area contributed by atoms with E-state index in [1.807, 2.05) is 0 Å². The molecule has 0 spiro atoms. The Labute approximate surface area is 121 Å². The number of likely N-dealkylation sites (tertiary alicyclic amines) is 1. The molecular formula is C14H28N2O4. The molecular weight excluding hydrogens is 260 g/mol. The quantitative estimate of drug-likeness (QED) is 0.666. The van der Waals surface area contributed by atoms with Gasteiger partial charge in [-0.25, -0.2) is 0 Å². The minimum atomic E-state index is -1.60. The van der Waals surface area contributed by atoms with Gasteiger partial charge in [0, 0.05) is 13.1 Å². The maximum atomic E-state index is 11.3. The molecule has 6 heteroatoms. The third-order valence-electron chi connectivity index (χ3n) is 3.28. The highest BCUT2D eigenvalue weighted by Crippen LogP contribution is 2.09. The molecule has 1 aliphatic heterocycles. The van der Waals surface area contributed by atoms with Crippen LogP contribution in [-0.4, -0.2) is 77.6 Å². The molecule has 1 fully saturated rings. The number of hydrogen-bond donors (Lipinski definition) is 2. The van der Waals surface area contributed by atoms with E-state index in [2.05, 4.69) is 25.8 Å². The van der Waals surface area contributed by atoms with Crippen molar-refractivity contribution >= 4 is 12.2 Å². The van der Waals surface area contributed by atoms with E-state index in [4.69, 9.17) is 5.11 Å². The molecule has 0 radical (unpaired) electrons. The first-order chi connectivity index (χ1) is 9.47. The van der Waals surface area contributed by atoms with E-state index in [0.29, 0.717) is 13.1 Å². The van der Waals surface area contributed by atoms with Crippen molar-refractivity contribution in [2.75, 3.05) is 33.2 Å². The molecule has 0 aromatic rings. The van der Waals surface area contributed by atoms with Crippen LogP contribution in [0.2, 0.25) is 0 Å². The zero-order valence-electron chi connectivity index (χ0n) is 12.8. The van der Waals surface area contributed by atoms with Gasteiger partial charge in [0.15, 0.2) is 12.4 Å². The Morgan fingerprint density at radius 1 is 1.30 bits per heavy atom. The summed E-state index contributed by atoms with van der Waals surface area (Å²) in [5.41, 5.74) is 0. The van der Waals surface area contributed by atoms with Crippen LogP contribution in [-0.2, 0) is 9.59 Å². The molecule has 0 aliphatic carbocycles. The molecule has 0 aromatic heterocycles. The van der Waals surface area contributed by atoms with Crippen molar-refractivity contribution in [2.24, 2.45) is 0 Å². The minimum absolute atomic E-state index is 0.165. The second-order valence-electron chi connectivity index (χ2n) is 5.00. The fraction of sp³-hybridized carbons (Fsp3) is 0.857. The van der Waals surface area contributed by atoms with E-state index in [0.717, 1.165) is 12.8 Å². The number of carbonyl (C=O) groups is 2. The Bertz CT molecular complexity index is 280. The smallest absolute Gasteiger partial charge is 0.254 e. The van der Waals surface area contributed by atoms with Crippen molar-refractivity contribution in [3.63, 3.8) is 0 Å². The Balaban J connectivity index is 0.000000441. The normalized spacial score (nSPS) is 17.4. The van der Waals surface area contributed by atoms with E-state index in [1.54, 1.807) is 0 Å². The Morgan fingerprint density at radius 2 is 1.85 bits per heavy atom. The second-order valence-corrected chi connectivity index (χ2v) is 5.00. The van der Waals surface area contributed by atoms with Crippen molar-refractivity contribution in [1.82, 2.24) is 9.80 Å². The van der Waals surface area contributed by atoms with Crippen LogP contribution in [0.1, 0.15) is 33.1 Å². The average Bonchev–Trinajstić information content (AvgIpc) is 2.99. The first kappa shape index (κ1) is 19.0. The predicted molar refractivity (Wildman–Crippen MR) is 77.4 cm³/mol. The van der Waals surface area contributed by atoms with Gasteiger partial charge in [-0.2, -0.15) is 0 Å². The number of carbonyl (C=O) groups excluding carboxylic acids is 2. The van der Waals surface area contributed by atoms with E-state index in [9.17, 15) is 14.7 Å². The van der Waals surface area contributed by atoms with Gasteiger partial charge in [0.05, 0.1) is 0 Å². The molecule has 2 unspecified atom stereocenters. The zero-order valence-corrected chi connectivity index (χ0v) is 12.8. The van der Waals surface area contributed by atoms with Crippen LogP contribution < -0.4 is 0 Å². The lowest BCUT2D eigenvalue weighted by atomic mass is 10.2. The molecule has 0 saturated carbocycles. The number of amides is 1. The Morgan fingerprint density at radius 3 is 2.20 bits per heavy atom. The van der Waals surface area contributed by atoms with Gasteiger partial charge in [0.1, 0.15) is 6.10 Å². The van der Waals surface area contributed by atoms with Gasteiger partial charge in [-0.05, 0) is 39.4 Å². The number of aliphatic hydroxyl groups is 2. The Hall–Kier alpha value is -0.980. The highest BCUT2D eigenvalue weighted by Gasteiger charge is 2.29. The fourth-order valence-corrected chi connectivity index (χ4v) is 1.88. The Kier molecular flexibility index (Phi) is 10.2. The van der Waals surface area contributed by atoms with Gasteiger partial charge >= 0.3 is 0 Å². The topological polar surface area (TPSA) is 81.1 Å². The van der Waals surface area contributed by atoms with Gasteiger partial charge in [-0.15, -0.1) is 0 Å². The minimum Gasteiger partial charge on any atom is -0.382 e. The van der Waals surface area contributed by atoms with Gasteiger partial charge in [-0.3, -0.25) is 4.79 Å². The van der Waals surface area contributed by atoms with Gasteiger partial charge in [0.25, 0.3) is 5.91 Å². The monoisotopic (exact) mass is 288 g/mol. The molecule has 1 amide bonds. The molecule has 0 bridgehead atoms. The summed E-state index contributed by atoms with van der Waals surface area (Å²) >= 11 is 0. The lowest BCUT2D eigenvalue weighted by molar-refractivity contribution is -0.147. The van der Waals surface area contributed by atoms with Crippen molar-refractivity contribution in [2.45, 2.75) is 45.3 Å². The molecule has 1 heterocycles. The standard InChI is InChI=1S/C8H13NO4.C6H15N/c10-5-6(11)7(12)8(13)9-3-1-2-4-9;1-4-6-7(3)5-2/h5-7,11-12H,1-4H2;4-6H2,1-3H3. The summed E-state index contributed by atoms with van der Waals surface area (Å²) in [4.78, 5) is 25.1. The molecule has 1 rings (SSSR count). The first-order valence-electron chi connectivity index (χ1n) is 7.26. The van der Waals surface area contributed by atoms with Crippen LogP contribution in [0.25, 0.3) is 0 Å². The summed E-state index contributed by atoms with van der Waals surface area (Å²) < 4.78 is 0. The van der Waals surface area contributed by atoms with Gasteiger partial charge in [0.2, 0.25) is 0 Å². The van der Waals surface area contributed by atoms with Crippen molar-refractivity contribution in [1.29, 1.82) is 0 Å². The first-order valence-corrected chi connectivity index (χ1v) is 7.26. The number of aldehydes is 1. The number of nitrogens with zero attached hydrogens (tertiary/aromatic N) is 2. The average molecular weight is 288 g/mol. The molecule has 1 aliphatic rings. The van der Waals surface area contributed by atoms with Crippen LogP contribution in [0.4, 0.5) is 0 Å². The molecule has 118 valence electrons. The van der Waals surface area contributed by atoms with E-state index >= 15 is 0 Å². The third kappa shape index (κ3) is 6.98. The largest absolute Gasteiger partial charge is 0.382 e. The molecule has 6 nitrogen and oxygen atoms in total. The highest BCUT2D eigenvalue weighted by atomic mass is 16.3. The van der Waals surface area contributed by atoms with Crippen molar-refractivity contribution < 1.29 is 19.8 Å². The maximum Gasteiger partial charge on any atom is 0.254 e. The van der Waals surface area contributed by atoms with Crippen molar-refractivity contribution in [3.8, 4) is 0 Å². The van der Waals surface area contributed by atoms with E-state index in [-0.39, 0.29) is 6.29 Å². The zero-order chi connectivity index (χ0) is 15.5. The summed E-state index contributed by atoms with van der Waals surface area (Å²) in [7, 11) is 2.14. The van der Waals surface area contributed by atoms with E-state index in [1.165, 1.54) is 24.4 Å². The lowest BCUT2D eigenvalue weighted by Gasteiger charge is -2.20. The maximum absolute atomic E-state index is 11.3. The van der Waals surface area contributed by atoms with Crippen LogP contribution in [0.15, 0.2) is 0 Å². The summed E-state index contributed by atoms with van der Waals surface area (Å²) in [6, 6.07) is 0.